The van der Waals surface area contributed by atoms with Crippen molar-refractivity contribution in [2.45, 2.75) is 20.0 Å². The van der Waals surface area contributed by atoms with E-state index < -0.39 is 0 Å². The van der Waals surface area contributed by atoms with E-state index in [4.69, 9.17) is 15.2 Å². The van der Waals surface area contributed by atoms with Gasteiger partial charge in [0.2, 0.25) is 0 Å². The zero-order valence-corrected chi connectivity index (χ0v) is 13.4. The highest BCUT2D eigenvalue weighted by Gasteiger charge is 2.14. The first-order valence-electron chi connectivity index (χ1n) is 6.33. The molecular formula is C14H18BrN3O2. The molecule has 1 heterocycles. The quantitative estimate of drug-likeness (QED) is 0.850. The van der Waals surface area contributed by atoms with Crippen molar-refractivity contribution >= 4 is 21.6 Å². The lowest BCUT2D eigenvalue weighted by Gasteiger charge is -2.11. The van der Waals surface area contributed by atoms with E-state index in [9.17, 15) is 0 Å². The van der Waals surface area contributed by atoms with E-state index >= 15 is 0 Å². The maximum absolute atomic E-state index is 5.82. The summed E-state index contributed by atoms with van der Waals surface area (Å²) in [7, 11) is 3.50. The highest BCUT2D eigenvalue weighted by molar-refractivity contribution is 9.10. The number of rotatable bonds is 5. The molecular weight excluding hydrogens is 322 g/mol. The molecule has 0 saturated heterocycles. The molecule has 0 spiro atoms. The van der Waals surface area contributed by atoms with E-state index in [1.807, 2.05) is 11.7 Å². The lowest BCUT2D eigenvalue weighted by Crippen LogP contribution is -2.04. The van der Waals surface area contributed by atoms with Crippen molar-refractivity contribution in [3.8, 4) is 11.5 Å². The van der Waals surface area contributed by atoms with Crippen LogP contribution in [0.1, 0.15) is 18.3 Å². The van der Waals surface area contributed by atoms with Gasteiger partial charge in [-0.2, -0.15) is 5.10 Å². The number of halogens is 1. The molecule has 0 bridgehead atoms. The minimum atomic E-state index is 0.407. The summed E-state index contributed by atoms with van der Waals surface area (Å²) < 4.78 is 13.9. The smallest absolute Gasteiger partial charge is 0.162 e. The fourth-order valence-corrected chi connectivity index (χ4v) is 2.66. The number of hydrogen-bond donors (Lipinski definition) is 1. The van der Waals surface area contributed by atoms with Gasteiger partial charge in [0.05, 0.1) is 23.0 Å². The SMILES string of the molecule is CCc1nn(C)c(COc2ccc(N)cc2OC)c1Br. The minimum Gasteiger partial charge on any atom is -0.493 e. The van der Waals surface area contributed by atoms with Gasteiger partial charge in [-0.15, -0.1) is 0 Å². The molecule has 6 heteroatoms. The number of aromatic nitrogens is 2. The van der Waals surface area contributed by atoms with Gasteiger partial charge in [0, 0.05) is 18.8 Å². The average Bonchev–Trinajstić information content (AvgIpc) is 2.72. The van der Waals surface area contributed by atoms with Crippen LogP contribution in [0, 0.1) is 0 Å². The molecule has 5 nitrogen and oxygen atoms in total. The molecule has 2 aromatic rings. The topological polar surface area (TPSA) is 62.3 Å². The average molecular weight is 340 g/mol. The van der Waals surface area contributed by atoms with E-state index in [2.05, 4.69) is 28.0 Å². The van der Waals surface area contributed by atoms with Crippen molar-refractivity contribution in [3.63, 3.8) is 0 Å². The van der Waals surface area contributed by atoms with Crippen LogP contribution < -0.4 is 15.2 Å². The predicted octanol–water partition coefficient (Wildman–Crippen LogP) is 2.91. The Morgan fingerprint density at radius 3 is 2.70 bits per heavy atom. The molecule has 1 aromatic carbocycles. The third-order valence-electron chi connectivity index (χ3n) is 3.06. The summed E-state index contributed by atoms with van der Waals surface area (Å²) in [5.74, 6) is 1.28. The number of anilines is 1. The van der Waals surface area contributed by atoms with Gasteiger partial charge < -0.3 is 15.2 Å². The number of nitrogen functional groups attached to an aromatic ring is 1. The van der Waals surface area contributed by atoms with E-state index in [1.54, 1.807) is 25.3 Å². The first-order chi connectivity index (χ1) is 9.56. The van der Waals surface area contributed by atoms with Gasteiger partial charge in [-0.3, -0.25) is 4.68 Å². The predicted molar refractivity (Wildman–Crippen MR) is 82.0 cm³/mol. The van der Waals surface area contributed by atoms with E-state index in [0.29, 0.717) is 23.8 Å². The molecule has 0 radical (unpaired) electrons. The molecule has 2 N–H and O–H groups in total. The van der Waals surface area contributed by atoms with Gasteiger partial charge in [0.25, 0.3) is 0 Å². The second-order valence-electron chi connectivity index (χ2n) is 4.38. The molecule has 20 heavy (non-hydrogen) atoms. The Hall–Kier alpha value is -1.69. The van der Waals surface area contributed by atoms with Gasteiger partial charge >= 0.3 is 0 Å². The van der Waals surface area contributed by atoms with E-state index in [1.165, 1.54) is 0 Å². The van der Waals surface area contributed by atoms with Crippen LogP contribution in [0.15, 0.2) is 22.7 Å². The lowest BCUT2D eigenvalue weighted by atomic mass is 10.3. The molecule has 2 rings (SSSR count). The molecule has 0 aliphatic carbocycles. The second kappa shape index (κ2) is 6.17. The number of ether oxygens (including phenoxy) is 2. The zero-order chi connectivity index (χ0) is 14.7. The Balaban J connectivity index is 2.19. The molecule has 108 valence electrons. The normalized spacial score (nSPS) is 10.6. The molecule has 0 saturated carbocycles. The Labute approximate surface area is 126 Å². The van der Waals surface area contributed by atoms with Crippen LogP contribution in [-0.2, 0) is 20.1 Å². The fourth-order valence-electron chi connectivity index (χ4n) is 1.93. The fraction of sp³-hybridized carbons (Fsp3) is 0.357. The van der Waals surface area contributed by atoms with Crippen molar-refractivity contribution in [2.75, 3.05) is 12.8 Å². The van der Waals surface area contributed by atoms with Crippen molar-refractivity contribution in [3.05, 3.63) is 34.1 Å². The summed E-state index contributed by atoms with van der Waals surface area (Å²) in [6.07, 6.45) is 0.875. The molecule has 0 aliphatic rings. The van der Waals surface area contributed by atoms with Crippen LogP contribution in [0.4, 0.5) is 5.69 Å². The summed E-state index contributed by atoms with van der Waals surface area (Å²) in [6.45, 7) is 2.48. The van der Waals surface area contributed by atoms with Crippen LogP contribution in [0.2, 0.25) is 0 Å². The van der Waals surface area contributed by atoms with Crippen molar-refractivity contribution in [1.82, 2.24) is 9.78 Å². The van der Waals surface area contributed by atoms with Crippen LogP contribution >= 0.6 is 15.9 Å². The number of methoxy groups -OCH3 is 1. The molecule has 0 unspecified atom stereocenters. The Kier molecular flexibility index (Phi) is 4.54. The van der Waals surface area contributed by atoms with Crippen molar-refractivity contribution in [2.24, 2.45) is 7.05 Å². The Morgan fingerprint density at radius 1 is 1.35 bits per heavy atom. The Morgan fingerprint density at radius 2 is 2.10 bits per heavy atom. The summed E-state index contributed by atoms with van der Waals surface area (Å²) in [5.41, 5.74) is 8.38. The molecule has 0 amide bonds. The Bertz CT molecular complexity index is 611. The van der Waals surface area contributed by atoms with Gasteiger partial charge in [0.1, 0.15) is 6.61 Å². The van der Waals surface area contributed by atoms with Gasteiger partial charge in [-0.05, 0) is 34.5 Å². The standard InChI is InChI=1S/C14H18BrN3O2/c1-4-10-14(15)11(18(2)17-10)8-20-12-6-5-9(16)7-13(12)19-3/h5-7H,4,8,16H2,1-3H3. The van der Waals surface area contributed by atoms with Gasteiger partial charge in [-0.25, -0.2) is 0 Å². The van der Waals surface area contributed by atoms with Crippen molar-refractivity contribution < 1.29 is 9.47 Å². The number of aryl methyl sites for hydroxylation is 2. The monoisotopic (exact) mass is 339 g/mol. The summed E-state index contributed by atoms with van der Waals surface area (Å²) in [4.78, 5) is 0. The maximum atomic E-state index is 5.82. The highest BCUT2D eigenvalue weighted by Crippen LogP contribution is 2.30. The van der Waals surface area contributed by atoms with Crippen LogP contribution in [0.5, 0.6) is 11.5 Å². The largest absolute Gasteiger partial charge is 0.493 e. The molecule has 0 fully saturated rings. The molecule has 0 atom stereocenters. The van der Waals surface area contributed by atoms with Crippen LogP contribution in [0.3, 0.4) is 0 Å². The third-order valence-corrected chi connectivity index (χ3v) is 3.97. The van der Waals surface area contributed by atoms with E-state index in [0.717, 1.165) is 22.3 Å². The molecule has 1 aromatic heterocycles. The summed E-state index contributed by atoms with van der Waals surface area (Å²) in [6, 6.07) is 5.33. The lowest BCUT2D eigenvalue weighted by molar-refractivity contribution is 0.275. The van der Waals surface area contributed by atoms with E-state index in [-0.39, 0.29) is 0 Å². The van der Waals surface area contributed by atoms with Crippen LogP contribution in [0.25, 0.3) is 0 Å². The number of nitrogens with two attached hydrogens (primary N) is 1. The number of benzene rings is 1. The van der Waals surface area contributed by atoms with Crippen LogP contribution in [-0.4, -0.2) is 16.9 Å². The highest BCUT2D eigenvalue weighted by atomic mass is 79.9. The number of hydrogen-bond acceptors (Lipinski definition) is 4. The first kappa shape index (κ1) is 14.7. The van der Waals surface area contributed by atoms with Gasteiger partial charge in [0.15, 0.2) is 11.5 Å². The van der Waals surface area contributed by atoms with Crippen molar-refractivity contribution in [1.29, 1.82) is 0 Å². The van der Waals surface area contributed by atoms with Gasteiger partial charge in [-0.1, -0.05) is 6.92 Å². The third kappa shape index (κ3) is 2.90. The summed E-state index contributed by atoms with van der Waals surface area (Å²) >= 11 is 3.57. The first-order valence-corrected chi connectivity index (χ1v) is 7.12. The summed E-state index contributed by atoms with van der Waals surface area (Å²) in [5, 5.41) is 4.44. The molecule has 0 aliphatic heterocycles. The maximum Gasteiger partial charge on any atom is 0.162 e. The number of nitrogens with zero attached hydrogens (tertiary/aromatic N) is 2. The second-order valence-corrected chi connectivity index (χ2v) is 5.18. The minimum absolute atomic E-state index is 0.407. The zero-order valence-electron chi connectivity index (χ0n) is 11.8.